The fraction of sp³-hybridized carbons (Fsp3) is 0.0588. The lowest BCUT2D eigenvalue weighted by Gasteiger charge is -2.04. The van der Waals surface area contributed by atoms with E-state index in [4.69, 9.17) is 0 Å². The number of rotatable bonds is 1. The lowest BCUT2D eigenvalue weighted by molar-refractivity contribution is 1.03. The molecule has 0 unspecified atom stereocenters. The number of aromatic nitrogens is 2. The van der Waals surface area contributed by atoms with Gasteiger partial charge in [0, 0.05) is 21.1 Å². The van der Waals surface area contributed by atoms with E-state index in [2.05, 4.69) is 87.4 Å². The van der Waals surface area contributed by atoms with Gasteiger partial charge in [0.25, 0.3) is 0 Å². The normalized spacial score (nSPS) is 12.1. The highest BCUT2D eigenvalue weighted by molar-refractivity contribution is 14.1. The quantitative estimate of drug-likeness (QED) is 0.467. The standard InChI is InChI=1S/C17H11IN2/c18-14-6-3-5-12(9-14)16-10-13-8-11-4-1-2-7-15(11)17(13)20-19-16/h1-7,9-10H,8H2. The van der Waals surface area contributed by atoms with Crippen LogP contribution in [0.5, 0.6) is 0 Å². The van der Waals surface area contributed by atoms with Crippen LogP contribution in [0.25, 0.3) is 22.5 Å². The number of benzene rings is 2. The Balaban J connectivity index is 1.83. The number of hydrogen-bond donors (Lipinski definition) is 0. The molecule has 0 saturated heterocycles. The van der Waals surface area contributed by atoms with Crippen LogP contribution >= 0.6 is 22.6 Å². The smallest absolute Gasteiger partial charge is 0.0968 e. The molecule has 0 atom stereocenters. The van der Waals surface area contributed by atoms with Gasteiger partial charge in [0.2, 0.25) is 0 Å². The van der Waals surface area contributed by atoms with Crippen LogP contribution in [0.15, 0.2) is 54.6 Å². The van der Waals surface area contributed by atoms with Gasteiger partial charge in [-0.2, -0.15) is 0 Å². The highest BCUT2D eigenvalue weighted by atomic mass is 127. The van der Waals surface area contributed by atoms with Crippen molar-refractivity contribution in [2.75, 3.05) is 0 Å². The van der Waals surface area contributed by atoms with Crippen molar-refractivity contribution in [3.63, 3.8) is 0 Å². The number of fused-ring (bicyclic) bond motifs is 3. The highest BCUT2D eigenvalue weighted by Gasteiger charge is 2.20. The summed E-state index contributed by atoms with van der Waals surface area (Å²) in [6.45, 7) is 0. The van der Waals surface area contributed by atoms with Crippen LogP contribution in [0.1, 0.15) is 11.1 Å². The molecule has 0 spiro atoms. The van der Waals surface area contributed by atoms with E-state index in [0.717, 1.165) is 23.4 Å². The van der Waals surface area contributed by atoms with Crippen molar-refractivity contribution in [2.45, 2.75) is 6.42 Å². The summed E-state index contributed by atoms with van der Waals surface area (Å²) in [5, 5.41) is 8.86. The maximum absolute atomic E-state index is 4.45. The molecule has 0 bridgehead atoms. The number of halogens is 1. The molecule has 96 valence electrons. The molecule has 1 aliphatic carbocycles. The Kier molecular flexibility index (Phi) is 2.80. The molecular formula is C17H11IN2. The van der Waals surface area contributed by atoms with Crippen LogP contribution in [-0.4, -0.2) is 10.2 Å². The topological polar surface area (TPSA) is 25.8 Å². The van der Waals surface area contributed by atoms with Gasteiger partial charge in [-0.3, -0.25) is 0 Å². The fourth-order valence-corrected chi connectivity index (χ4v) is 3.23. The molecule has 20 heavy (non-hydrogen) atoms. The van der Waals surface area contributed by atoms with Crippen molar-refractivity contribution in [1.29, 1.82) is 0 Å². The highest BCUT2D eigenvalue weighted by Crippen LogP contribution is 2.35. The van der Waals surface area contributed by atoms with Crippen molar-refractivity contribution in [2.24, 2.45) is 0 Å². The summed E-state index contributed by atoms with van der Waals surface area (Å²) < 4.78 is 1.21. The largest absolute Gasteiger partial charge is 0.150 e. The first kappa shape index (κ1) is 12.0. The van der Waals surface area contributed by atoms with Gasteiger partial charge in [-0.25, -0.2) is 0 Å². The van der Waals surface area contributed by atoms with E-state index in [9.17, 15) is 0 Å². The minimum atomic E-state index is 0.954. The minimum Gasteiger partial charge on any atom is -0.150 e. The first-order valence-corrected chi connectivity index (χ1v) is 7.60. The van der Waals surface area contributed by atoms with E-state index in [1.165, 1.54) is 20.3 Å². The molecule has 0 fully saturated rings. The monoisotopic (exact) mass is 370 g/mol. The van der Waals surface area contributed by atoms with Gasteiger partial charge in [-0.15, -0.1) is 10.2 Å². The maximum Gasteiger partial charge on any atom is 0.0968 e. The van der Waals surface area contributed by atoms with Gasteiger partial charge >= 0.3 is 0 Å². The summed E-state index contributed by atoms with van der Waals surface area (Å²) in [6, 6.07) is 19.0. The molecule has 0 radical (unpaired) electrons. The summed E-state index contributed by atoms with van der Waals surface area (Å²) in [5.41, 5.74) is 6.96. The summed E-state index contributed by atoms with van der Waals surface area (Å²) in [7, 11) is 0. The van der Waals surface area contributed by atoms with Crippen molar-refractivity contribution >= 4 is 22.6 Å². The van der Waals surface area contributed by atoms with E-state index >= 15 is 0 Å². The number of nitrogens with zero attached hydrogens (tertiary/aromatic N) is 2. The van der Waals surface area contributed by atoms with E-state index < -0.39 is 0 Å². The second kappa shape index (κ2) is 4.66. The molecule has 1 heterocycles. The number of hydrogen-bond acceptors (Lipinski definition) is 2. The van der Waals surface area contributed by atoms with E-state index in [0.29, 0.717) is 0 Å². The molecule has 1 aromatic heterocycles. The Hall–Kier alpha value is -1.75. The van der Waals surface area contributed by atoms with Gasteiger partial charge in [0.15, 0.2) is 0 Å². The van der Waals surface area contributed by atoms with Gasteiger partial charge in [-0.05, 0) is 51.9 Å². The zero-order valence-electron chi connectivity index (χ0n) is 10.7. The van der Waals surface area contributed by atoms with Crippen molar-refractivity contribution in [3.05, 3.63) is 69.3 Å². The summed E-state index contributed by atoms with van der Waals surface area (Å²) in [4.78, 5) is 0. The molecular weight excluding hydrogens is 359 g/mol. The molecule has 0 saturated carbocycles. The Morgan fingerprint density at radius 2 is 1.75 bits per heavy atom. The van der Waals surface area contributed by atoms with Crippen LogP contribution in [0, 0.1) is 3.57 Å². The maximum atomic E-state index is 4.45. The Morgan fingerprint density at radius 3 is 2.65 bits per heavy atom. The molecule has 1 aliphatic rings. The first-order chi connectivity index (χ1) is 9.81. The Labute approximate surface area is 131 Å². The Morgan fingerprint density at radius 1 is 0.850 bits per heavy atom. The summed E-state index contributed by atoms with van der Waals surface area (Å²) in [6.07, 6.45) is 0.956. The molecule has 3 aromatic rings. The van der Waals surface area contributed by atoms with Crippen molar-refractivity contribution in [3.8, 4) is 22.5 Å². The lowest BCUT2D eigenvalue weighted by Crippen LogP contribution is -1.93. The molecule has 2 aromatic carbocycles. The third-order valence-corrected chi connectivity index (χ3v) is 4.32. The molecule has 4 rings (SSSR count). The summed E-state index contributed by atoms with van der Waals surface area (Å²) in [5.74, 6) is 0. The average molecular weight is 370 g/mol. The molecule has 0 N–H and O–H groups in total. The zero-order chi connectivity index (χ0) is 13.5. The third-order valence-electron chi connectivity index (χ3n) is 3.65. The minimum absolute atomic E-state index is 0.954. The SMILES string of the molecule is Ic1cccc(-c2cc3c(nn2)-c2ccccc2C3)c1. The Bertz CT molecular complexity index is 812. The second-order valence-corrected chi connectivity index (χ2v) is 6.19. The molecule has 0 aliphatic heterocycles. The van der Waals surface area contributed by atoms with E-state index in [-0.39, 0.29) is 0 Å². The predicted octanol–water partition coefficient (Wildman–Crippen LogP) is 4.32. The van der Waals surface area contributed by atoms with E-state index in [1.807, 2.05) is 0 Å². The van der Waals surface area contributed by atoms with Crippen molar-refractivity contribution in [1.82, 2.24) is 10.2 Å². The first-order valence-electron chi connectivity index (χ1n) is 6.52. The van der Waals surface area contributed by atoms with Gasteiger partial charge in [-0.1, -0.05) is 36.4 Å². The van der Waals surface area contributed by atoms with Gasteiger partial charge < -0.3 is 0 Å². The van der Waals surface area contributed by atoms with Crippen LogP contribution in [-0.2, 0) is 6.42 Å². The molecule has 3 heteroatoms. The van der Waals surface area contributed by atoms with Gasteiger partial charge in [0.1, 0.15) is 0 Å². The van der Waals surface area contributed by atoms with Crippen LogP contribution < -0.4 is 0 Å². The zero-order valence-corrected chi connectivity index (χ0v) is 12.8. The predicted molar refractivity (Wildman–Crippen MR) is 88.4 cm³/mol. The third kappa shape index (κ3) is 1.93. The average Bonchev–Trinajstić information content (AvgIpc) is 2.85. The molecule has 2 nitrogen and oxygen atoms in total. The fourth-order valence-electron chi connectivity index (χ4n) is 2.69. The van der Waals surface area contributed by atoms with Crippen molar-refractivity contribution < 1.29 is 0 Å². The van der Waals surface area contributed by atoms with E-state index in [1.54, 1.807) is 0 Å². The second-order valence-electron chi connectivity index (χ2n) is 4.95. The van der Waals surface area contributed by atoms with Gasteiger partial charge in [0.05, 0.1) is 11.4 Å². The van der Waals surface area contributed by atoms with Crippen LogP contribution in [0.3, 0.4) is 0 Å². The molecule has 0 amide bonds. The lowest BCUT2D eigenvalue weighted by atomic mass is 10.1. The van der Waals surface area contributed by atoms with Crippen LogP contribution in [0.2, 0.25) is 0 Å². The summed E-state index contributed by atoms with van der Waals surface area (Å²) >= 11 is 2.32. The van der Waals surface area contributed by atoms with Crippen LogP contribution in [0.4, 0.5) is 0 Å².